The molecule has 114 valence electrons. The van der Waals surface area contributed by atoms with Crippen LogP contribution in [0, 0.1) is 0 Å². The molecule has 2 heterocycles. The molecule has 7 nitrogen and oxygen atoms in total. The van der Waals surface area contributed by atoms with Crippen LogP contribution in [0.4, 0.5) is 0 Å². The number of oxazole rings is 2. The molecule has 0 aromatic carbocycles. The van der Waals surface area contributed by atoms with Crippen LogP contribution in [0.3, 0.4) is 0 Å². The minimum Gasteiger partial charge on any atom is -0.446 e. The number of aromatic nitrogens is 2. The molecule has 8 heteroatoms. The lowest BCUT2D eigenvalue weighted by Crippen LogP contribution is -2.26. The summed E-state index contributed by atoms with van der Waals surface area (Å²) in [5.74, 6) is 0.626. The summed E-state index contributed by atoms with van der Waals surface area (Å²) in [6.07, 6.45) is 2.79. The van der Waals surface area contributed by atoms with Gasteiger partial charge in [0.2, 0.25) is 11.8 Å². The van der Waals surface area contributed by atoms with Gasteiger partial charge in [0.25, 0.3) is 0 Å². The van der Waals surface area contributed by atoms with Crippen molar-refractivity contribution in [1.82, 2.24) is 9.97 Å². The Balaban J connectivity index is 2.08. The highest BCUT2D eigenvalue weighted by molar-refractivity contribution is 7.80. The van der Waals surface area contributed by atoms with E-state index in [0.717, 1.165) is 0 Å². The van der Waals surface area contributed by atoms with E-state index in [1.807, 2.05) is 20.8 Å². The molecule has 0 saturated carbocycles. The highest BCUT2D eigenvalue weighted by Crippen LogP contribution is 2.21. The molecule has 0 radical (unpaired) electrons. The molecule has 2 rings (SSSR count). The minimum atomic E-state index is -0.469. The average Bonchev–Trinajstić information content (AvgIpc) is 3.03. The van der Waals surface area contributed by atoms with Crippen molar-refractivity contribution < 1.29 is 13.6 Å². The Morgan fingerprint density at radius 2 is 2.05 bits per heavy atom. The molecule has 0 saturated heterocycles. The summed E-state index contributed by atoms with van der Waals surface area (Å²) in [4.78, 5) is 8.51. The van der Waals surface area contributed by atoms with Crippen LogP contribution in [-0.4, -0.2) is 27.2 Å². The van der Waals surface area contributed by atoms with Crippen molar-refractivity contribution in [3.63, 3.8) is 0 Å². The first-order valence-corrected chi connectivity index (χ1v) is 6.78. The monoisotopic (exact) mass is 310 g/mol. The predicted molar refractivity (Wildman–Crippen MR) is 80.5 cm³/mol. The number of hydrogen-bond acceptors (Lipinski definition) is 7. The second-order valence-corrected chi connectivity index (χ2v) is 5.94. The molecule has 0 aliphatic heterocycles. The van der Waals surface area contributed by atoms with Gasteiger partial charge in [0, 0.05) is 0 Å². The Morgan fingerprint density at radius 1 is 1.33 bits per heavy atom. The van der Waals surface area contributed by atoms with E-state index < -0.39 is 6.04 Å². The molecule has 0 unspecified atom stereocenters. The van der Waals surface area contributed by atoms with E-state index in [1.165, 1.54) is 12.5 Å². The highest BCUT2D eigenvalue weighted by Gasteiger charge is 2.20. The first-order chi connectivity index (χ1) is 9.76. The number of hydrogen-bond donors (Lipinski definition) is 2. The van der Waals surface area contributed by atoms with E-state index >= 15 is 0 Å². The third-order valence-electron chi connectivity index (χ3n) is 2.51. The molecule has 0 fully saturated rings. The maximum atomic E-state index is 5.97. The van der Waals surface area contributed by atoms with Gasteiger partial charge in [-0.3, -0.25) is 0 Å². The van der Waals surface area contributed by atoms with Gasteiger partial charge >= 0.3 is 0 Å². The van der Waals surface area contributed by atoms with Crippen molar-refractivity contribution in [3.8, 4) is 11.6 Å². The van der Waals surface area contributed by atoms with Crippen molar-refractivity contribution in [1.29, 1.82) is 0 Å². The number of rotatable bonds is 5. The second kappa shape index (κ2) is 5.92. The van der Waals surface area contributed by atoms with Crippen LogP contribution in [0.5, 0.6) is 0 Å². The van der Waals surface area contributed by atoms with Crippen LogP contribution in [-0.2, 0) is 4.74 Å². The zero-order chi connectivity index (χ0) is 15.6. The van der Waals surface area contributed by atoms with Gasteiger partial charge in [0.05, 0.1) is 12.2 Å². The summed E-state index contributed by atoms with van der Waals surface area (Å²) in [7, 11) is 0. The molecular weight excluding hydrogens is 292 g/mol. The van der Waals surface area contributed by atoms with Crippen LogP contribution in [0.15, 0.2) is 21.4 Å². The summed E-state index contributed by atoms with van der Waals surface area (Å²) in [6.45, 7) is 6.15. The zero-order valence-electron chi connectivity index (χ0n) is 12.1. The van der Waals surface area contributed by atoms with Crippen LogP contribution in [0.1, 0.15) is 38.4 Å². The van der Waals surface area contributed by atoms with Crippen molar-refractivity contribution in [2.75, 3.05) is 6.61 Å². The third kappa shape index (κ3) is 4.10. The standard InChI is InChI=1S/C13H18N4O3S/c1-13(2,3)20-4-7(14)11-17-9(6-18-11)12-16-8(5-19-12)10(15)21/h5-7H,4,14H2,1-3H3,(H2,15,21)/t7-/m0/s1. The average molecular weight is 310 g/mol. The number of nitrogens with two attached hydrogens (primary N) is 2. The predicted octanol–water partition coefficient (Wildman–Crippen LogP) is 1.78. The molecule has 0 amide bonds. The first-order valence-electron chi connectivity index (χ1n) is 6.37. The summed E-state index contributed by atoms with van der Waals surface area (Å²) < 4.78 is 16.2. The van der Waals surface area contributed by atoms with E-state index in [0.29, 0.717) is 23.9 Å². The van der Waals surface area contributed by atoms with Gasteiger partial charge in [-0.25, -0.2) is 9.97 Å². The zero-order valence-corrected chi connectivity index (χ0v) is 12.9. The molecule has 0 aliphatic rings. The van der Waals surface area contributed by atoms with Crippen LogP contribution >= 0.6 is 12.2 Å². The molecule has 1 atom stereocenters. The Morgan fingerprint density at radius 3 is 2.62 bits per heavy atom. The van der Waals surface area contributed by atoms with Gasteiger partial charge in [0.15, 0.2) is 5.69 Å². The Kier molecular flexibility index (Phi) is 4.40. The summed E-state index contributed by atoms with van der Waals surface area (Å²) in [6, 6.07) is -0.469. The maximum absolute atomic E-state index is 5.97. The van der Waals surface area contributed by atoms with E-state index in [-0.39, 0.29) is 16.5 Å². The van der Waals surface area contributed by atoms with E-state index in [9.17, 15) is 0 Å². The van der Waals surface area contributed by atoms with Gasteiger partial charge in [-0.1, -0.05) is 12.2 Å². The van der Waals surface area contributed by atoms with Crippen molar-refractivity contribution in [2.45, 2.75) is 32.4 Å². The maximum Gasteiger partial charge on any atom is 0.249 e. The molecule has 0 bridgehead atoms. The molecule has 21 heavy (non-hydrogen) atoms. The van der Waals surface area contributed by atoms with Crippen LogP contribution in [0.25, 0.3) is 11.6 Å². The highest BCUT2D eigenvalue weighted by atomic mass is 32.1. The van der Waals surface area contributed by atoms with Gasteiger partial charge in [-0.05, 0) is 20.8 Å². The molecule has 4 N–H and O–H groups in total. The normalized spacial score (nSPS) is 13.3. The van der Waals surface area contributed by atoms with E-state index in [1.54, 1.807) is 0 Å². The smallest absolute Gasteiger partial charge is 0.249 e. The van der Waals surface area contributed by atoms with Gasteiger partial charge < -0.3 is 25.0 Å². The van der Waals surface area contributed by atoms with Gasteiger partial charge in [-0.2, -0.15) is 0 Å². The summed E-state index contributed by atoms with van der Waals surface area (Å²) >= 11 is 4.82. The minimum absolute atomic E-state index is 0.156. The number of ether oxygens (including phenoxy) is 1. The fraction of sp³-hybridized carbons (Fsp3) is 0.462. The number of nitrogens with zero attached hydrogens (tertiary/aromatic N) is 2. The fourth-order valence-corrected chi connectivity index (χ4v) is 1.57. The second-order valence-electron chi connectivity index (χ2n) is 5.50. The lowest BCUT2D eigenvalue weighted by atomic mass is 10.2. The first kappa shape index (κ1) is 15.6. The molecule has 2 aromatic rings. The Labute approximate surface area is 127 Å². The molecule has 0 spiro atoms. The Bertz CT molecular complexity index is 629. The number of thiocarbonyl (C=S) groups is 1. The lowest BCUT2D eigenvalue weighted by Gasteiger charge is -2.21. The SMILES string of the molecule is CC(C)(C)OC[C@H](N)c1nc(-c2nc(C(N)=S)co2)co1. The third-order valence-corrected chi connectivity index (χ3v) is 2.72. The van der Waals surface area contributed by atoms with Crippen molar-refractivity contribution in [3.05, 3.63) is 24.1 Å². The van der Waals surface area contributed by atoms with E-state index in [2.05, 4.69) is 9.97 Å². The summed E-state index contributed by atoms with van der Waals surface area (Å²) in [5.41, 5.74) is 12.0. The van der Waals surface area contributed by atoms with Crippen LogP contribution in [0.2, 0.25) is 0 Å². The Hall–Kier alpha value is -1.77. The van der Waals surface area contributed by atoms with Crippen molar-refractivity contribution >= 4 is 17.2 Å². The van der Waals surface area contributed by atoms with Crippen molar-refractivity contribution in [2.24, 2.45) is 11.5 Å². The lowest BCUT2D eigenvalue weighted by molar-refractivity contribution is -0.0129. The fourth-order valence-electron chi connectivity index (χ4n) is 1.47. The van der Waals surface area contributed by atoms with E-state index in [4.69, 9.17) is 37.3 Å². The van der Waals surface area contributed by atoms with Gasteiger partial charge in [0.1, 0.15) is 29.3 Å². The van der Waals surface area contributed by atoms with Gasteiger partial charge in [-0.15, -0.1) is 0 Å². The molecular formula is C13H18N4O3S. The topological polar surface area (TPSA) is 113 Å². The van der Waals surface area contributed by atoms with Crippen LogP contribution < -0.4 is 11.5 Å². The quantitative estimate of drug-likeness (QED) is 0.803. The summed E-state index contributed by atoms with van der Waals surface area (Å²) in [5, 5.41) is 0. The molecule has 2 aromatic heterocycles. The largest absolute Gasteiger partial charge is 0.446 e. The molecule has 0 aliphatic carbocycles.